The van der Waals surface area contributed by atoms with Crippen molar-refractivity contribution in [2.24, 2.45) is 17.1 Å². The number of ether oxygens (including phenoxy) is 2. The van der Waals surface area contributed by atoms with E-state index in [0.717, 1.165) is 16.8 Å². The molecule has 4 rings (SSSR count). The number of aromatic nitrogens is 2. The van der Waals surface area contributed by atoms with Crippen molar-refractivity contribution in [2.75, 3.05) is 14.2 Å². The smallest absolute Gasteiger partial charge is 0.305 e. The molecule has 0 bridgehead atoms. The number of hydrogen-bond acceptors (Lipinski definition) is 8. The first-order valence-electron chi connectivity index (χ1n) is 11.2. The fraction of sp³-hybridized carbons (Fsp3) is 0.240. The summed E-state index contributed by atoms with van der Waals surface area (Å²) in [7, 11) is 4.76. The lowest BCUT2D eigenvalue weighted by Gasteiger charge is -2.10. The van der Waals surface area contributed by atoms with Crippen LogP contribution >= 0.6 is 11.8 Å². The lowest BCUT2D eigenvalue weighted by atomic mass is 10.2. The predicted molar refractivity (Wildman–Crippen MR) is 140 cm³/mol. The maximum absolute atomic E-state index is 13.3. The number of carboxylic acids is 1. The number of carbonyl (C=O) groups is 2. The van der Waals surface area contributed by atoms with E-state index < -0.39 is 23.5 Å². The third-order valence-corrected chi connectivity index (χ3v) is 6.86. The first kappa shape index (κ1) is 25.8. The molecule has 1 aliphatic rings. The topological polar surface area (TPSA) is 128 Å². The molecular formula is C25H25N5O6S. The molecule has 0 radical (unpaired) electrons. The molecule has 0 saturated carbocycles. The quantitative estimate of drug-likeness (QED) is 0.450. The van der Waals surface area contributed by atoms with Crippen LogP contribution in [0.2, 0.25) is 0 Å². The molecule has 1 N–H and O–H groups in total. The summed E-state index contributed by atoms with van der Waals surface area (Å²) in [4.78, 5) is 42.2. The number of carbonyl (C=O) groups excluding carboxylic acids is 1. The van der Waals surface area contributed by atoms with Crippen LogP contribution < -0.4 is 15.0 Å². The summed E-state index contributed by atoms with van der Waals surface area (Å²) >= 11 is 0.957. The number of carboxylic acid groups (broad SMARTS) is 1. The van der Waals surface area contributed by atoms with Crippen molar-refractivity contribution in [3.63, 3.8) is 0 Å². The van der Waals surface area contributed by atoms with Gasteiger partial charge in [-0.25, -0.2) is 9.67 Å². The highest BCUT2D eigenvalue weighted by Gasteiger charge is 2.40. The van der Waals surface area contributed by atoms with Gasteiger partial charge in [0.15, 0.2) is 22.4 Å². The molecule has 2 heterocycles. The average molecular weight is 524 g/mol. The number of para-hydroxylation sites is 1. The van der Waals surface area contributed by atoms with Gasteiger partial charge in [-0.3, -0.25) is 19.1 Å². The molecule has 2 aromatic carbocycles. The van der Waals surface area contributed by atoms with E-state index in [2.05, 4.69) is 10.1 Å². The molecule has 1 aromatic heterocycles. The molecule has 192 valence electrons. The number of methoxy groups -OCH3 is 2. The Morgan fingerprint density at radius 2 is 1.81 bits per heavy atom. The first-order chi connectivity index (χ1) is 17.7. The van der Waals surface area contributed by atoms with Gasteiger partial charge in [-0.1, -0.05) is 30.0 Å². The molecule has 37 heavy (non-hydrogen) atoms. The standard InChI is InChI=1S/C25H25N5O6S/c1-15-22(24(34)30(28(15)2)17-8-6-5-7-9-17)27-25-29(23(33)20(37-25)13-21(31)32)26-14-16-10-11-18(35-3)19(12-16)36-4/h5-12,14,20H,13H2,1-4H3,(H,31,32)/b26-14-,27-25?/t20-/m0/s1. The maximum Gasteiger partial charge on any atom is 0.305 e. The second-order valence-corrected chi connectivity index (χ2v) is 9.19. The zero-order valence-electron chi connectivity index (χ0n) is 20.6. The number of hydrogen-bond donors (Lipinski definition) is 1. The van der Waals surface area contributed by atoms with Crippen LogP contribution in [0.5, 0.6) is 11.5 Å². The van der Waals surface area contributed by atoms with E-state index in [9.17, 15) is 19.5 Å². The SMILES string of the molecule is COc1ccc(/C=N\N2C(=O)[C@H](CC(=O)O)SC2=Nc2c(C)n(C)n(-c3ccccc3)c2=O)cc1OC. The summed E-state index contributed by atoms with van der Waals surface area (Å²) < 4.78 is 13.7. The van der Waals surface area contributed by atoms with Crippen molar-refractivity contribution in [3.8, 4) is 17.2 Å². The van der Waals surface area contributed by atoms with E-state index in [-0.39, 0.29) is 16.4 Å². The summed E-state index contributed by atoms with van der Waals surface area (Å²) in [5.74, 6) is -0.656. The molecule has 0 aliphatic carbocycles. The van der Waals surface area contributed by atoms with E-state index >= 15 is 0 Å². The zero-order valence-corrected chi connectivity index (χ0v) is 21.4. The molecular weight excluding hydrogens is 498 g/mol. The Kier molecular flexibility index (Phi) is 7.48. The van der Waals surface area contributed by atoms with Gasteiger partial charge >= 0.3 is 5.97 Å². The maximum atomic E-state index is 13.3. The highest BCUT2D eigenvalue weighted by molar-refractivity contribution is 8.15. The summed E-state index contributed by atoms with van der Waals surface area (Å²) in [6.45, 7) is 1.74. The van der Waals surface area contributed by atoms with E-state index in [0.29, 0.717) is 28.4 Å². The molecule has 1 fully saturated rings. The normalized spacial score (nSPS) is 16.6. The van der Waals surface area contributed by atoms with Crippen LogP contribution in [0, 0.1) is 6.92 Å². The van der Waals surface area contributed by atoms with E-state index in [4.69, 9.17) is 9.47 Å². The van der Waals surface area contributed by atoms with Gasteiger partial charge in [0.1, 0.15) is 5.25 Å². The third kappa shape index (κ3) is 5.14. The molecule has 1 aliphatic heterocycles. The Balaban J connectivity index is 1.76. The van der Waals surface area contributed by atoms with Gasteiger partial charge in [0.2, 0.25) is 0 Å². The van der Waals surface area contributed by atoms with Gasteiger partial charge < -0.3 is 14.6 Å². The minimum Gasteiger partial charge on any atom is -0.493 e. The van der Waals surface area contributed by atoms with Crippen molar-refractivity contribution in [3.05, 3.63) is 70.1 Å². The molecule has 12 heteroatoms. The van der Waals surface area contributed by atoms with Crippen LogP contribution in [-0.2, 0) is 16.6 Å². The molecule has 1 atom stereocenters. The van der Waals surface area contributed by atoms with Crippen LogP contribution in [0.3, 0.4) is 0 Å². The van der Waals surface area contributed by atoms with Gasteiger partial charge in [0, 0.05) is 7.05 Å². The minimum atomic E-state index is -1.13. The molecule has 1 amide bonds. The second-order valence-electron chi connectivity index (χ2n) is 8.02. The highest BCUT2D eigenvalue weighted by atomic mass is 32.2. The fourth-order valence-corrected chi connectivity index (χ4v) is 4.82. The monoisotopic (exact) mass is 523 g/mol. The molecule has 0 unspecified atom stereocenters. The number of benzene rings is 2. The number of thioether (sulfide) groups is 1. The van der Waals surface area contributed by atoms with Gasteiger partial charge in [-0.15, -0.1) is 0 Å². The van der Waals surface area contributed by atoms with Crippen molar-refractivity contribution in [1.29, 1.82) is 0 Å². The van der Waals surface area contributed by atoms with Crippen LogP contribution in [0.1, 0.15) is 17.7 Å². The molecule has 3 aromatic rings. The van der Waals surface area contributed by atoms with Crippen LogP contribution in [-0.4, -0.2) is 62.2 Å². The zero-order chi connectivity index (χ0) is 26.7. The van der Waals surface area contributed by atoms with Gasteiger partial charge in [0.25, 0.3) is 11.5 Å². The first-order valence-corrected chi connectivity index (χ1v) is 12.0. The lowest BCUT2D eigenvalue weighted by Crippen LogP contribution is -2.28. The Bertz CT molecular complexity index is 1460. The number of nitrogens with zero attached hydrogens (tertiary/aromatic N) is 5. The van der Waals surface area contributed by atoms with E-state index in [1.54, 1.807) is 49.0 Å². The summed E-state index contributed by atoms with van der Waals surface area (Å²) in [6.07, 6.45) is 1.02. The van der Waals surface area contributed by atoms with Gasteiger partial charge in [0.05, 0.1) is 38.2 Å². The van der Waals surface area contributed by atoms with E-state index in [1.807, 2.05) is 18.2 Å². The number of amidine groups is 1. The Hall–Kier alpha value is -4.32. The summed E-state index contributed by atoms with van der Waals surface area (Å²) in [5, 5.41) is 13.8. The van der Waals surface area contributed by atoms with Crippen molar-refractivity contribution in [1.82, 2.24) is 14.4 Å². The number of aliphatic carboxylic acids is 1. The molecule has 0 spiro atoms. The minimum absolute atomic E-state index is 0.110. The highest BCUT2D eigenvalue weighted by Crippen LogP contribution is 2.32. The number of rotatable bonds is 8. The third-order valence-electron chi connectivity index (χ3n) is 5.73. The largest absolute Gasteiger partial charge is 0.493 e. The van der Waals surface area contributed by atoms with Gasteiger partial charge in [-0.2, -0.15) is 10.1 Å². The van der Waals surface area contributed by atoms with E-state index in [1.165, 1.54) is 25.1 Å². The number of amides is 1. The van der Waals surface area contributed by atoms with Crippen LogP contribution in [0.4, 0.5) is 5.69 Å². The molecule has 1 saturated heterocycles. The fourth-order valence-electron chi connectivity index (χ4n) is 3.76. The molecule has 11 nitrogen and oxygen atoms in total. The number of aliphatic imine (C=N–C) groups is 1. The second kappa shape index (κ2) is 10.7. The average Bonchev–Trinajstić information content (AvgIpc) is 3.29. The van der Waals surface area contributed by atoms with Crippen LogP contribution in [0.15, 0.2) is 63.4 Å². The Labute approximate surface area is 216 Å². The van der Waals surface area contributed by atoms with Crippen molar-refractivity contribution < 1.29 is 24.2 Å². The Morgan fingerprint density at radius 3 is 2.46 bits per heavy atom. The summed E-state index contributed by atoms with van der Waals surface area (Å²) in [6, 6.07) is 14.2. The van der Waals surface area contributed by atoms with Crippen molar-refractivity contribution in [2.45, 2.75) is 18.6 Å². The summed E-state index contributed by atoms with van der Waals surface area (Å²) in [5.41, 5.74) is 1.59. The predicted octanol–water partition coefficient (Wildman–Crippen LogP) is 2.94. The van der Waals surface area contributed by atoms with Gasteiger partial charge in [-0.05, 0) is 42.8 Å². The Morgan fingerprint density at radius 1 is 1.11 bits per heavy atom. The van der Waals surface area contributed by atoms with Crippen molar-refractivity contribution >= 4 is 40.7 Å². The lowest BCUT2D eigenvalue weighted by molar-refractivity contribution is -0.139. The number of hydrazone groups is 1. The van der Waals surface area contributed by atoms with Crippen LogP contribution in [0.25, 0.3) is 5.69 Å².